The van der Waals surface area contributed by atoms with Gasteiger partial charge in [-0.1, -0.05) is 5.16 Å². The van der Waals surface area contributed by atoms with Crippen LogP contribution in [0.25, 0.3) is 0 Å². The number of nitrogen functional groups attached to an aromatic ring is 1. The van der Waals surface area contributed by atoms with E-state index in [1.54, 1.807) is 13.0 Å². The highest BCUT2D eigenvalue weighted by molar-refractivity contribution is 6.07. The third-order valence-corrected chi connectivity index (χ3v) is 2.15. The summed E-state index contributed by atoms with van der Waals surface area (Å²) in [6.07, 6.45) is 0. The van der Waals surface area contributed by atoms with Crippen LogP contribution in [0.2, 0.25) is 0 Å². The molecule has 17 heavy (non-hydrogen) atoms. The predicted octanol–water partition coefficient (Wildman–Crippen LogP) is 1.52. The molecule has 0 unspecified atom stereocenters. The third kappa shape index (κ3) is 2.36. The first kappa shape index (κ1) is 11.0. The smallest absolute Gasteiger partial charge is 0.260 e. The average Bonchev–Trinajstić information content (AvgIpc) is 2.67. The van der Waals surface area contributed by atoms with E-state index < -0.39 is 5.91 Å². The molecule has 6 nitrogen and oxygen atoms in total. The van der Waals surface area contributed by atoms with Gasteiger partial charge in [-0.05, 0) is 25.1 Å². The Morgan fingerprint density at radius 2 is 2.24 bits per heavy atom. The fourth-order valence-corrected chi connectivity index (χ4v) is 1.34. The molecule has 4 N–H and O–H groups in total. The summed E-state index contributed by atoms with van der Waals surface area (Å²) in [7, 11) is 0. The summed E-state index contributed by atoms with van der Waals surface area (Å²) in [5, 5.41) is 15.4. The molecule has 0 atom stereocenters. The molecule has 2 rings (SSSR count). The van der Waals surface area contributed by atoms with Crippen molar-refractivity contribution in [1.29, 1.82) is 0 Å². The standard InChI is InChI=1S/C11H11N3O3/c1-6-4-10(17-14-6)13-11(16)8-5-7(15)2-3-9(8)12/h2-5,15H,12H2,1H3,(H,13,16). The van der Waals surface area contributed by atoms with Gasteiger partial charge >= 0.3 is 0 Å². The van der Waals surface area contributed by atoms with Crippen LogP contribution in [0.4, 0.5) is 11.6 Å². The summed E-state index contributed by atoms with van der Waals surface area (Å²) in [6.45, 7) is 1.74. The molecule has 0 aliphatic carbocycles. The number of amides is 1. The van der Waals surface area contributed by atoms with Crippen molar-refractivity contribution < 1.29 is 14.4 Å². The van der Waals surface area contributed by atoms with Gasteiger partial charge in [0, 0.05) is 11.8 Å². The van der Waals surface area contributed by atoms with Gasteiger partial charge in [-0.15, -0.1) is 0 Å². The van der Waals surface area contributed by atoms with Crippen molar-refractivity contribution in [3.8, 4) is 5.75 Å². The highest BCUT2D eigenvalue weighted by Crippen LogP contribution is 2.20. The van der Waals surface area contributed by atoms with Crippen molar-refractivity contribution in [2.75, 3.05) is 11.1 Å². The lowest BCUT2D eigenvalue weighted by molar-refractivity contribution is 0.102. The van der Waals surface area contributed by atoms with E-state index in [0.29, 0.717) is 5.69 Å². The fraction of sp³-hybridized carbons (Fsp3) is 0.0909. The van der Waals surface area contributed by atoms with Gasteiger partial charge in [0.1, 0.15) is 5.75 Å². The molecule has 6 heteroatoms. The largest absolute Gasteiger partial charge is 0.508 e. The van der Waals surface area contributed by atoms with E-state index in [0.717, 1.165) is 0 Å². The number of aryl methyl sites for hydroxylation is 1. The molecule has 1 aromatic heterocycles. The van der Waals surface area contributed by atoms with E-state index in [-0.39, 0.29) is 22.9 Å². The van der Waals surface area contributed by atoms with Crippen molar-refractivity contribution in [3.05, 3.63) is 35.5 Å². The Labute approximate surface area is 97.0 Å². The van der Waals surface area contributed by atoms with Crippen LogP contribution in [0.3, 0.4) is 0 Å². The molecule has 0 radical (unpaired) electrons. The number of nitrogens with zero attached hydrogens (tertiary/aromatic N) is 1. The van der Waals surface area contributed by atoms with Crippen LogP contribution in [0.5, 0.6) is 5.75 Å². The van der Waals surface area contributed by atoms with Crippen molar-refractivity contribution >= 4 is 17.5 Å². The first-order valence-corrected chi connectivity index (χ1v) is 4.89. The number of hydrogen-bond acceptors (Lipinski definition) is 5. The molecule has 0 aliphatic rings. The van der Waals surface area contributed by atoms with Crippen molar-refractivity contribution in [2.45, 2.75) is 6.92 Å². The zero-order valence-corrected chi connectivity index (χ0v) is 9.10. The zero-order chi connectivity index (χ0) is 12.4. The maximum atomic E-state index is 11.8. The van der Waals surface area contributed by atoms with E-state index in [9.17, 15) is 9.90 Å². The molecule has 0 spiro atoms. The number of rotatable bonds is 2. The molecule has 1 amide bonds. The molecule has 1 heterocycles. The van der Waals surface area contributed by atoms with Gasteiger partial charge in [0.15, 0.2) is 0 Å². The van der Waals surface area contributed by atoms with Crippen molar-refractivity contribution in [3.63, 3.8) is 0 Å². The topological polar surface area (TPSA) is 101 Å². The minimum absolute atomic E-state index is 0.0295. The Hall–Kier alpha value is -2.50. The van der Waals surface area contributed by atoms with E-state index in [1.165, 1.54) is 18.2 Å². The van der Waals surface area contributed by atoms with Gasteiger partial charge in [0.25, 0.3) is 5.91 Å². The highest BCUT2D eigenvalue weighted by Gasteiger charge is 2.12. The van der Waals surface area contributed by atoms with Crippen molar-refractivity contribution in [1.82, 2.24) is 5.16 Å². The lowest BCUT2D eigenvalue weighted by atomic mass is 10.1. The summed E-state index contributed by atoms with van der Waals surface area (Å²) < 4.78 is 4.84. The Kier molecular flexibility index (Phi) is 2.70. The van der Waals surface area contributed by atoms with Crippen LogP contribution in [-0.4, -0.2) is 16.2 Å². The Morgan fingerprint density at radius 1 is 1.47 bits per heavy atom. The normalized spacial score (nSPS) is 10.2. The molecule has 0 saturated carbocycles. The van der Waals surface area contributed by atoms with Gasteiger partial charge in [0.2, 0.25) is 5.88 Å². The Bertz CT molecular complexity index is 563. The zero-order valence-electron chi connectivity index (χ0n) is 9.10. The molecule has 0 fully saturated rings. The van der Waals surface area contributed by atoms with Gasteiger partial charge < -0.3 is 15.4 Å². The molecule has 88 valence electrons. The SMILES string of the molecule is Cc1cc(NC(=O)c2cc(O)ccc2N)on1. The number of nitrogens with two attached hydrogens (primary N) is 1. The number of nitrogens with one attached hydrogen (secondary N) is 1. The second-order valence-electron chi connectivity index (χ2n) is 3.56. The van der Waals surface area contributed by atoms with Crippen LogP contribution < -0.4 is 11.1 Å². The second kappa shape index (κ2) is 4.17. The Balaban J connectivity index is 2.22. The third-order valence-electron chi connectivity index (χ3n) is 2.15. The number of phenols is 1. The van der Waals surface area contributed by atoms with Crippen LogP contribution in [-0.2, 0) is 0 Å². The first-order chi connectivity index (χ1) is 8.06. The number of carbonyl (C=O) groups excluding carboxylic acids is 1. The fourth-order valence-electron chi connectivity index (χ4n) is 1.34. The number of carbonyl (C=O) groups is 1. The lowest BCUT2D eigenvalue weighted by Crippen LogP contribution is -2.13. The number of aromatic hydroxyl groups is 1. The molecular weight excluding hydrogens is 222 g/mol. The summed E-state index contributed by atoms with van der Waals surface area (Å²) in [5.41, 5.74) is 6.74. The quantitative estimate of drug-likeness (QED) is 0.539. The molecule has 0 aliphatic heterocycles. The Morgan fingerprint density at radius 3 is 2.88 bits per heavy atom. The summed E-state index contributed by atoms with van der Waals surface area (Å²) in [5.74, 6) is -0.261. The highest BCUT2D eigenvalue weighted by atomic mass is 16.5. The monoisotopic (exact) mass is 233 g/mol. The van der Waals surface area contributed by atoms with Gasteiger partial charge in [-0.3, -0.25) is 10.1 Å². The molecular formula is C11H11N3O3. The summed E-state index contributed by atoms with van der Waals surface area (Å²) in [6, 6.07) is 5.73. The maximum Gasteiger partial charge on any atom is 0.260 e. The lowest BCUT2D eigenvalue weighted by Gasteiger charge is -2.05. The minimum atomic E-state index is -0.463. The van der Waals surface area contributed by atoms with Crippen LogP contribution in [0, 0.1) is 6.92 Å². The van der Waals surface area contributed by atoms with Crippen LogP contribution >= 0.6 is 0 Å². The molecule has 0 bridgehead atoms. The molecule has 0 saturated heterocycles. The van der Waals surface area contributed by atoms with Crippen LogP contribution in [0.1, 0.15) is 16.1 Å². The van der Waals surface area contributed by atoms with E-state index in [1.807, 2.05) is 0 Å². The van der Waals surface area contributed by atoms with E-state index in [2.05, 4.69) is 10.5 Å². The average molecular weight is 233 g/mol. The molecule has 2 aromatic rings. The minimum Gasteiger partial charge on any atom is -0.508 e. The molecule has 1 aromatic carbocycles. The van der Waals surface area contributed by atoms with Gasteiger partial charge in [0.05, 0.1) is 11.3 Å². The van der Waals surface area contributed by atoms with Crippen molar-refractivity contribution in [2.24, 2.45) is 0 Å². The summed E-state index contributed by atoms with van der Waals surface area (Å²) in [4.78, 5) is 11.8. The van der Waals surface area contributed by atoms with Gasteiger partial charge in [-0.25, -0.2) is 0 Å². The predicted molar refractivity (Wildman–Crippen MR) is 61.7 cm³/mol. The number of anilines is 2. The van der Waals surface area contributed by atoms with E-state index in [4.69, 9.17) is 10.3 Å². The van der Waals surface area contributed by atoms with Crippen LogP contribution in [0.15, 0.2) is 28.8 Å². The number of aromatic nitrogens is 1. The summed E-state index contributed by atoms with van der Waals surface area (Å²) >= 11 is 0. The van der Waals surface area contributed by atoms with Gasteiger partial charge in [-0.2, -0.15) is 0 Å². The number of hydrogen-bond donors (Lipinski definition) is 3. The number of benzene rings is 1. The second-order valence-corrected chi connectivity index (χ2v) is 3.56. The van der Waals surface area contributed by atoms with E-state index >= 15 is 0 Å². The first-order valence-electron chi connectivity index (χ1n) is 4.89. The number of phenolic OH excluding ortho intramolecular Hbond substituents is 1. The maximum absolute atomic E-state index is 11.8.